The first-order chi connectivity index (χ1) is 13.2. The molecule has 0 aliphatic heterocycles. The van der Waals surface area contributed by atoms with E-state index in [9.17, 15) is 4.79 Å². The van der Waals surface area contributed by atoms with E-state index in [1.165, 1.54) is 0 Å². The van der Waals surface area contributed by atoms with Crippen molar-refractivity contribution in [2.24, 2.45) is 0 Å². The lowest BCUT2D eigenvalue weighted by Gasteiger charge is -2.07. The third-order valence-electron chi connectivity index (χ3n) is 4.34. The molecule has 0 saturated carbocycles. The van der Waals surface area contributed by atoms with Crippen LogP contribution in [0.3, 0.4) is 0 Å². The number of amides is 1. The zero-order valence-corrected chi connectivity index (χ0v) is 15.7. The maximum Gasteiger partial charge on any atom is 0.224 e. The van der Waals surface area contributed by atoms with Crippen LogP contribution < -0.4 is 10.1 Å². The quantitative estimate of drug-likeness (QED) is 0.532. The Labute approximate surface area is 161 Å². The van der Waals surface area contributed by atoms with E-state index in [-0.39, 0.29) is 5.91 Å². The second-order valence-electron chi connectivity index (χ2n) is 6.20. The summed E-state index contributed by atoms with van der Waals surface area (Å²) in [5.74, 6) is 0.813. The molecule has 136 valence electrons. The molecule has 6 heteroatoms. The van der Waals surface area contributed by atoms with Crippen LogP contribution in [0.15, 0.2) is 66.3 Å². The van der Waals surface area contributed by atoms with Crippen LogP contribution in [0.5, 0.6) is 5.75 Å². The number of imidazole rings is 1. The van der Waals surface area contributed by atoms with Crippen LogP contribution in [-0.2, 0) is 11.2 Å². The SMILES string of the molecule is COc1ccc(CCC(=O)Nc2cccc(-c3cn4ccsc4n3)c2)cc1. The Balaban J connectivity index is 1.39. The summed E-state index contributed by atoms with van der Waals surface area (Å²) in [5.41, 5.74) is 3.77. The Morgan fingerprint density at radius 2 is 2.07 bits per heavy atom. The molecule has 1 amide bonds. The maximum atomic E-state index is 12.3. The molecule has 4 aromatic rings. The molecule has 0 unspecified atom stereocenters. The minimum atomic E-state index is -0.00575. The van der Waals surface area contributed by atoms with Crippen molar-refractivity contribution in [1.29, 1.82) is 0 Å². The summed E-state index contributed by atoms with van der Waals surface area (Å²) >= 11 is 1.60. The standard InChI is InChI=1S/C21H19N3O2S/c1-26-18-8-5-15(6-9-18)7-10-20(25)22-17-4-2-3-16(13-17)19-14-24-11-12-27-21(24)23-19/h2-6,8-9,11-14H,7,10H2,1H3,(H,22,25). The van der Waals surface area contributed by atoms with Crippen LogP contribution in [-0.4, -0.2) is 22.4 Å². The predicted molar refractivity (Wildman–Crippen MR) is 108 cm³/mol. The summed E-state index contributed by atoms with van der Waals surface area (Å²) < 4.78 is 7.15. The number of hydrogen-bond donors (Lipinski definition) is 1. The molecule has 0 radical (unpaired) electrons. The van der Waals surface area contributed by atoms with Gasteiger partial charge >= 0.3 is 0 Å². The van der Waals surface area contributed by atoms with Crippen LogP contribution in [0.25, 0.3) is 16.2 Å². The van der Waals surface area contributed by atoms with Crippen LogP contribution in [0.2, 0.25) is 0 Å². The highest BCUT2D eigenvalue weighted by Gasteiger charge is 2.08. The highest BCUT2D eigenvalue weighted by Crippen LogP contribution is 2.24. The molecule has 0 aliphatic carbocycles. The number of fused-ring (bicyclic) bond motifs is 1. The van der Waals surface area contributed by atoms with Crippen LogP contribution >= 0.6 is 11.3 Å². The summed E-state index contributed by atoms with van der Waals surface area (Å²) in [6, 6.07) is 15.6. The van der Waals surface area contributed by atoms with Gasteiger partial charge in [-0.1, -0.05) is 24.3 Å². The van der Waals surface area contributed by atoms with Gasteiger partial charge in [-0.15, -0.1) is 11.3 Å². The van der Waals surface area contributed by atoms with E-state index in [0.29, 0.717) is 12.8 Å². The zero-order chi connectivity index (χ0) is 18.6. The third-order valence-corrected chi connectivity index (χ3v) is 5.11. The fourth-order valence-electron chi connectivity index (χ4n) is 2.90. The monoisotopic (exact) mass is 377 g/mol. The van der Waals surface area contributed by atoms with Gasteiger partial charge in [0, 0.05) is 35.4 Å². The number of aromatic nitrogens is 2. The van der Waals surface area contributed by atoms with E-state index in [0.717, 1.165) is 33.2 Å². The minimum absolute atomic E-state index is 0.00575. The molecular formula is C21H19N3O2S. The van der Waals surface area contributed by atoms with Gasteiger partial charge in [0.05, 0.1) is 12.8 Å². The van der Waals surface area contributed by atoms with Crippen molar-refractivity contribution in [2.45, 2.75) is 12.8 Å². The van der Waals surface area contributed by atoms with Crippen molar-refractivity contribution in [2.75, 3.05) is 12.4 Å². The Hall–Kier alpha value is -3.12. The maximum absolute atomic E-state index is 12.3. The van der Waals surface area contributed by atoms with Gasteiger partial charge < -0.3 is 10.1 Å². The van der Waals surface area contributed by atoms with E-state index < -0.39 is 0 Å². The van der Waals surface area contributed by atoms with Gasteiger partial charge in [0.25, 0.3) is 0 Å². The lowest BCUT2D eigenvalue weighted by atomic mass is 10.1. The number of nitrogens with zero attached hydrogens (tertiary/aromatic N) is 2. The van der Waals surface area contributed by atoms with Crippen molar-refractivity contribution in [3.05, 3.63) is 71.9 Å². The number of carbonyl (C=O) groups is 1. The number of hydrogen-bond acceptors (Lipinski definition) is 4. The lowest BCUT2D eigenvalue weighted by Crippen LogP contribution is -2.12. The van der Waals surface area contributed by atoms with Gasteiger partial charge in [-0.3, -0.25) is 9.20 Å². The van der Waals surface area contributed by atoms with Crippen molar-refractivity contribution in [3.8, 4) is 17.0 Å². The number of thiazole rings is 1. The normalized spacial score (nSPS) is 10.9. The summed E-state index contributed by atoms with van der Waals surface area (Å²) in [5, 5.41) is 4.98. The molecule has 5 nitrogen and oxygen atoms in total. The number of rotatable bonds is 6. The second-order valence-corrected chi connectivity index (χ2v) is 7.07. The predicted octanol–water partition coefficient (Wildman–Crippen LogP) is 4.64. The molecule has 0 aliphatic rings. The summed E-state index contributed by atoms with van der Waals surface area (Å²) in [6.45, 7) is 0. The molecule has 2 aromatic carbocycles. The Kier molecular flexibility index (Phi) is 4.89. The molecule has 2 heterocycles. The van der Waals surface area contributed by atoms with Gasteiger partial charge in [0.15, 0.2) is 4.96 Å². The number of benzene rings is 2. The van der Waals surface area contributed by atoms with Crippen molar-refractivity contribution < 1.29 is 9.53 Å². The Bertz CT molecular complexity index is 1040. The first-order valence-electron chi connectivity index (χ1n) is 8.67. The van der Waals surface area contributed by atoms with Gasteiger partial charge in [0.1, 0.15) is 5.75 Å². The fraction of sp³-hybridized carbons (Fsp3) is 0.143. The van der Waals surface area contributed by atoms with Gasteiger partial charge in [-0.25, -0.2) is 4.98 Å². The second kappa shape index (κ2) is 7.63. The average molecular weight is 377 g/mol. The zero-order valence-electron chi connectivity index (χ0n) is 14.9. The number of nitrogens with one attached hydrogen (secondary N) is 1. The molecule has 0 atom stereocenters. The Morgan fingerprint density at radius 3 is 2.85 bits per heavy atom. The first kappa shape index (κ1) is 17.3. The molecule has 0 spiro atoms. The molecule has 0 saturated heterocycles. The largest absolute Gasteiger partial charge is 0.497 e. The number of methoxy groups -OCH3 is 1. The van der Waals surface area contributed by atoms with Crippen molar-refractivity contribution in [3.63, 3.8) is 0 Å². The smallest absolute Gasteiger partial charge is 0.224 e. The number of anilines is 1. The highest BCUT2D eigenvalue weighted by atomic mass is 32.1. The molecule has 1 N–H and O–H groups in total. The van der Waals surface area contributed by atoms with E-state index in [1.807, 2.05) is 70.7 Å². The van der Waals surface area contributed by atoms with E-state index in [4.69, 9.17) is 4.74 Å². The molecule has 0 bridgehead atoms. The number of carbonyl (C=O) groups excluding carboxylic acids is 1. The number of aryl methyl sites for hydroxylation is 1. The van der Waals surface area contributed by atoms with Gasteiger partial charge in [-0.05, 0) is 36.2 Å². The van der Waals surface area contributed by atoms with E-state index in [2.05, 4.69) is 10.3 Å². The van der Waals surface area contributed by atoms with Crippen LogP contribution in [0.1, 0.15) is 12.0 Å². The van der Waals surface area contributed by atoms with Crippen molar-refractivity contribution in [1.82, 2.24) is 9.38 Å². The highest BCUT2D eigenvalue weighted by molar-refractivity contribution is 7.15. The Morgan fingerprint density at radius 1 is 1.22 bits per heavy atom. The molecular weight excluding hydrogens is 358 g/mol. The lowest BCUT2D eigenvalue weighted by molar-refractivity contribution is -0.116. The first-order valence-corrected chi connectivity index (χ1v) is 9.55. The molecule has 27 heavy (non-hydrogen) atoms. The fourth-order valence-corrected chi connectivity index (χ4v) is 3.60. The van der Waals surface area contributed by atoms with E-state index in [1.54, 1.807) is 18.4 Å². The summed E-state index contributed by atoms with van der Waals surface area (Å²) in [4.78, 5) is 17.9. The van der Waals surface area contributed by atoms with Gasteiger partial charge in [-0.2, -0.15) is 0 Å². The van der Waals surface area contributed by atoms with Crippen molar-refractivity contribution >= 4 is 27.9 Å². The van der Waals surface area contributed by atoms with Crippen LogP contribution in [0.4, 0.5) is 5.69 Å². The molecule has 4 rings (SSSR count). The van der Waals surface area contributed by atoms with Gasteiger partial charge in [0.2, 0.25) is 5.91 Å². The molecule has 0 fully saturated rings. The third kappa shape index (κ3) is 4.01. The topological polar surface area (TPSA) is 55.6 Å². The summed E-state index contributed by atoms with van der Waals surface area (Å²) in [6.07, 6.45) is 5.10. The molecule has 2 aromatic heterocycles. The minimum Gasteiger partial charge on any atom is -0.497 e. The summed E-state index contributed by atoms with van der Waals surface area (Å²) in [7, 11) is 1.64. The number of ether oxygens (including phenoxy) is 1. The van der Waals surface area contributed by atoms with E-state index >= 15 is 0 Å². The van der Waals surface area contributed by atoms with Crippen LogP contribution in [0, 0.1) is 0 Å². The average Bonchev–Trinajstić information content (AvgIpc) is 3.29.